The first-order valence-corrected chi connectivity index (χ1v) is 9.60. The van der Waals surface area contributed by atoms with Crippen molar-refractivity contribution in [1.82, 2.24) is 0 Å². The van der Waals surface area contributed by atoms with E-state index >= 15 is 0 Å². The zero-order valence-electron chi connectivity index (χ0n) is 18.1. The topological polar surface area (TPSA) is 173 Å². The molecule has 11 heteroatoms. The van der Waals surface area contributed by atoms with Crippen LogP contribution in [0.1, 0.15) is 12.5 Å². The smallest absolute Gasteiger partial charge is 0.290 e. The molecule has 3 aromatic carbocycles. The van der Waals surface area contributed by atoms with Crippen LogP contribution < -0.4 is 16.9 Å². The fourth-order valence-corrected chi connectivity index (χ4v) is 2.28. The van der Waals surface area contributed by atoms with Gasteiger partial charge in [-0.25, -0.2) is 5.26 Å². The van der Waals surface area contributed by atoms with E-state index in [0.29, 0.717) is 27.8 Å². The number of rotatable bonds is 3. The SMILES string of the molecule is CC(=O)Nc1cc(N)ccc1N=Nc1ccccc1Cl.Cc1ccccc1.NOO.O=CO. The average molecular weight is 476 g/mol. The predicted molar refractivity (Wildman–Crippen MR) is 129 cm³/mol. The van der Waals surface area contributed by atoms with Crippen LogP contribution in [0, 0.1) is 6.92 Å². The number of hydrogen-bond donors (Lipinski definition) is 5. The summed E-state index contributed by atoms with van der Waals surface area (Å²) in [7, 11) is 0. The molecule has 1 amide bonds. The Morgan fingerprint density at radius 1 is 1.03 bits per heavy atom. The summed E-state index contributed by atoms with van der Waals surface area (Å²) in [6.07, 6.45) is 0. The quantitative estimate of drug-likeness (QED) is 0.112. The number of azo groups is 1. The first-order chi connectivity index (χ1) is 15.8. The molecule has 0 unspecified atom stereocenters. The highest BCUT2D eigenvalue weighted by Gasteiger charge is 2.04. The molecule has 0 saturated heterocycles. The number of nitrogen functional groups attached to an aromatic ring is 1. The van der Waals surface area contributed by atoms with Crippen LogP contribution in [0.2, 0.25) is 5.02 Å². The molecule has 0 bridgehead atoms. The van der Waals surface area contributed by atoms with Crippen LogP contribution in [0.4, 0.5) is 22.7 Å². The maximum atomic E-state index is 11.2. The fraction of sp³-hybridized carbons (Fsp3) is 0.0909. The van der Waals surface area contributed by atoms with Crippen molar-refractivity contribution in [3.05, 3.63) is 83.4 Å². The summed E-state index contributed by atoms with van der Waals surface area (Å²) in [5.41, 5.74) is 9.12. The normalized spacial score (nSPS) is 9.24. The second-order valence-corrected chi connectivity index (χ2v) is 6.38. The molecule has 0 atom stereocenters. The standard InChI is InChI=1S/C14H13ClN4O.C7H8.CH2O2.H3NO2/c1-9(20)17-14-8-10(16)6-7-13(14)19-18-12-5-3-2-4-11(12)15;1-7-5-3-2-4-6-7;2-1-3;1-3-2/h2-8H,16H2,1H3,(H,17,20);2-6H,1H3;1H,(H,2,3);2H,1H2. The first kappa shape index (κ1) is 29.2. The van der Waals surface area contributed by atoms with Gasteiger partial charge in [-0.3, -0.25) is 9.59 Å². The van der Waals surface area contributed by atoms with E-state index in [1.165, 1.54) is 12.5 Å². The Morgan fingerprint density at radius 2 is 1.55 bits per heavy atom. The van der Waals surface area contributed by atoms with Crippen LogP contribution in [0.25, 0.3) is 0 Å². The maximum absolute atomic E-state index is 11.2. The van der Waals surface area contributed by atoms with Crippen LogP contribution in [-0.2, 0) is 14.6 Å². The summed E-state index contributed by atoms with van der Waals surface area (Å²) in [6.45, 7) is 3.25. The number of carbonyl (C=O) groups excluding carboxylic acids is 1. The van der Waals surface area contributed by atoms with E-state index in [1.54, 1.807) is 30.3 Å². The number of hydrogen-bond acceptors (Lipinski definition) is 8. The molecule has 3 aromatic rings. The predicted octanol–water partition coefficient (Wildman–Crippen LogP) is 5.34. The van der Waals surface area contributed by atoms with Crippen LogP contribution in [0.15, 0.2) is 83.0 Å². The lowest BCUT2D eigenvalue weighted by atomic mass is 10.2. The Morgan fingerprint density at radius 3 is 2.03 bits per heavy atom. The number of carbonyl (C=O) groups is 2. The molecule has 0 aliphatic heterocycles. The third-order valence-electron chi connectivity index (χ3n) is 3.39. The number of benzene rings is 3. The van der Waals surface area contributed by atoms with Gasteiger partial charge in [0.05, 0.1) is 10.7 Å². The van der Waals surface area contributed by atoms with Gasteiger partial charge in [-0.1, -0.05) is 59.6 Å². The highest BCUT2D eigenvalue weighted by molar-refractivity contribution is 6.32. The van der Waals surface area contributed by atoms with Crippen molar-refractivity contribution in [1.29, 1.82) is 0 Å². The van der Waals surface area contributed by atoms with Gasteiger partial charge in [-0.15, -0.1) is 15.2 Å². The monoisotopic (exact) mass is 475 g/mol. The molecule has 0 spiro atoms. The van der Waals surface area contributed by atoms with Gasteiger partial charge < -0.3 is 16.2 Å². The van der Waals surface area contributed by atoms with Crippen LogP contribution in [0.5, 0.6) is 0 Å². The van der Waals surface area contributed by atoms with Crippen LogP contribution in [-0.4, -0.2) is 22.7 Å². The van der Waals surface area contributed by atoms with Gasteiger partial charge in [-0.2, -0.15) is 5.90 Å². The molecule has 0 fully saturated rings. The van der Waals surface area contributed by atoms with Crippen molar-refractivity contribution >= 4 is 46.7 Å². The molecular formula is C22H26ClN5O5. The van der Waals surface area contributed by atoms with Gasteiger partial charge in [0, 0.05) is 12.6 Å². The fourth-order valence-electron chi connectivity index (χ4n) is 2.11. The van der Waals surface area contributed by atoms with Gasteiger partial charge in [0.25, 0.3) is 6.47 Å². The Labute approximate surface area is 196 Å². The van der Waals surface area contributed by atoms with Gasteiger partial charge in [0.2, 0.25) is 5.91 Å². The minimum atomic E-state index is -0.250. The maximum Gasteiger partial charge on any atom is 0.290 e. The molecule has 0 heterocycles. The van der Waals surface area contributed by atoms with Gasteiger partial charge in [0.1, 0.15) is 11.4 Å². The Bertz CT molecular complexity index is 1000. The van der Waals surface area contributed by atoms with E-state index in [2.05, 4.69) is 45.5 Å². The number of amides is 1. The summed E-state index contributed by atoms with van der Waals surface area (Å²) >= 11 is 6.00. The minimum Gasteiger partial charge on any atom is -0.483 e. The number of nitrogens with two attached hydrogens (primary N) is 2. The van der Waals surface area contributed by atoms with Crippen molar-refractivity contribution in [2.75, 3.05) is 11.1 Å². The van der Waals surface area contributed by atoms with Crippen molar-refractivity contribution in [3.8, 4) is 0 Å². The number of anilines is 2. The number of nitrogens with zero attached hydrogens (tertiary/aromatic N) is 2. The number of aryl methyl sites for hydroxylation is 1. The highest BCUT2D eigenvalue weighted by atomic mass is 35.5. The average Bonchev–Trinajstić information content (AvgIpc) is 2.76. The summed E-state index contributed by atoms with van der Waals surface area (Å²) in [6, 6.07) is 22.4. The van der Waals surface area contributed by atoms with E-state index in [0.717, 1.165) is 0 Å². The molecule has 33 heavy (non-hydrogen) atoms. The number of halogens is 1. The number of nitrogens with one attached hydrogen (secondary N) is 1. The van der Waals surface area contributed by atoms with E-state index < -0.39 is 0 Å². The molecular weight excluding hydrogens is 450 g/mol. The highest BCUT2D eigenvalue weighted by Crippen LogP contribution is 2.31. The van der Waals surface area contributed by atoms with Crippen LogP contribution in [0.3, 0.4) is 0 Å². The van der Waals surface area contributed by atoms with E-state index in [1.807, 2.05) is 30.3 Å². The molecule has 0 aromatic heterocycles. The molecule has 10 nitrogen and oxygen atoms in total. The van der Waals surface area contributed by atoms with E-state index in [9.17, 15) is 4.79 Å². The van der Waals surface area contributed by atoms with Crippen LogP contribution >= 0.6 is 11.6 Å². The summed E-state index contributed by atoms with van der Waals surface area (Å²) in [5.74, 6) is 3.70. The lowest BCUT2D eigenvalue weighted by Crippen LogP contribution is -2.06. The summed E-state index contributed by atoms with van der Waals surface area (Å²) in [5, 5.41) is 25.1. The van der Waals surface area contributed by atoms with Crippen molar-refractivity contribution in [2.24, 2.45) is 16.1 Å². The molecule has 0 radical (unpaired) electrons. The number of carboxylic acid groups (broad SMARTS) is 1. The molecule has 0 aliphatic rings. The zero-order valence-corrected chi connectivity index (χ0v) is 18.8. The van der Waals surface area contributed by atoms with Gasteiger partial charge in [0.15, 0.2) is 0 Å². The molecule has 3 rings (SSSR count). The summed E-state index contributed by atoms with van der Waals surface area (Å²) in [4.78, 5) is 22.3. The Hall–Kier alpha value is -3.83. The largest absolute Gasteiger partial charge is 0.483 e. The van der Waals surface area contributed by atoms with Gasteiger partial charge in [-0.05, 0) is 37.3 Å². The molecule has 0 saturated carbocycles. The first-order valence-electron chi connectivity index (χ1n) is 9.22. The van der Waals surface area contributed by atoms with Crippen molar-refractivity contribution in [2.45, 2.75) is 13.8 Å². The van der Waals surface area contributed by atoms with Crippen molar-refractivity contribution < 1.29 is 24.9 Å². The third-order valence-corrected chi connectivity index (χ3v) is 3.71. The molecule has 176 valence electrons. The minimum absolute atomic E-state index is 0.204. The van der Waals surface area contributed by atoms with E-state index in [4.69, 9.17) is 32.5 Å². The Kier molecular flexibility index (Phi) is 15.7. The summed E-state index contributed by atoms with van der Waals surface area (Å²) < 4.78 is 0. The lowest BCUT2D eigenvalue weighted by Gasteiger charge is -2.06. The molecule has 0 aliphatic carbocycles. The second-order valence-electron chi connectivity index (χ2n) is 5.97. The lowest BCUT2D eigenvalue weighted by molar-refractivity contribution is -0.247. The Balaban J connectivity index is 0.000000646. The van der Waals surface area contributed by atoms with E-state index in [-0.39, 0.29) is 12.4 Å². The third kappa shape index (κ3) is 14.0. The second kappa shape index (κ2) is 17.8. The van der Waals surface area contributed by atoms with Gasteiger partial charge >= 0.3 is 0 Å². The zero-order chi connectivity index (χ0) is 25.1. The van der Waals surface area contributed by atoms with Crippen molar-refractivity contribution in [3.63, 3.8) is 0 Å². The molecule has 7 N–H and O–H groups in total.